The van der Waals surface area contributed by atoms with Gasteiger partial charge in [-0.2, -0.15) is 0 Å². The first-order chi connectivity index (χ1) is 17.6. The van der Waals surface area contributed by atoms with Crippen LogP contribution in [0, 0.1) is 0 Å². The maximum atomic E-state index is 12.4. The molecule has 0 unspecified atom stereocenters. The fourth-order valence-electron chi connectivity index (χ4n) is 4.13. The van der Waals surface area contributed by atoms with E-state index in [-0.39, 0.29) is 18.2 Å². The summed E-state index contributed by atoms with van der Waals surface area (Å²) in [5.74, 6) is 1.11. The smallest absolute Gasteiger partial charge is 0.322 e. The van der Waals surface area contributed by atoms with Crippen LogP contribution in [0.25, 0.3) is 11.3 Å². The van der Waals surface area contributed by atoms with Gasteiger partial charge in [0.15, 0.2) is 0 Å². The minimum Gasteiger partial charge on any atom is -0.488 e. The normalized spacial score (nSPS) is 16.3. The van der Waals surface area contributed by atoms with E-state index < -0.39 is 0 Å². The van der Waals surface area contributed by atoms with E-state index in [1.54, 1.807) is 18.2 Å². The van der Waals surface area contributed by atoms with E-state index in [2.05, 4.69) is 20.6 Å². The molecule has 1 aromatic heterocycles. The lowest BCUT2D eigenvalue weighted by Gasteiger charge is -2.37. The molecule has 3 heterocycles. The molecular formula is C26H30N6O4. The van der Waals surface area contributed by atoms with Gasteiger partial charge in [-0.1, -0.05) is 6.07 Å². The van der Waals surface area contributed by atoms with Crippen molar-refractivity contribution in [2.24, 2.45) is 0 Å². The molecule has 188 valence electrons. The van der Waals surface area contributed by atoms with Crippen LogP contribution in [0.15, 0.2) is 54.7 Å². The van der Waals surface area contributed by atoms with Crippen LogP contribution in [-0.2, 0) is 9.47 Å². The second-order valence-electron chi connectivity index (χ2n) is 8.85. The van der Waals surface area contributed by atoms with Gasteiger partial charge in [-0.15, -0.1) is 0 Å². The number of rotatable bonds is 7. The van der Waals surface area contributed by atoms with Crippen molar-refractivity contribution in [3.63, 3.8) is 0 Å². The number of hydrogen-bond donors (Lipinski definition) is 3. The summed E-state index contributed by atoms with van der Waals surface area (Å²) in [5, 5.41) is 6.12. The first-order valence-corrected chi connectivity index (χ1v) is 12.0. The number of nitrogens with zero attached hydrogens (tertiary/aromatic N) is 3. The minimum atomic E-state index is -0.152. The molecule has 0 atom stereocenters. The Labute approximate surface area is 209 Å². The largest absolute Gasteiger partial charge is 0.488 e. The predicted molar refractivity (Wildman–Crippen MR) is 137 cm³/mol. The predicted octanol–water partition coefficient (Wildman–Crippen LogP) is 3.89. The van der Waals surface area contributed by atoms with Crippen molar-refractivity contribution >= 4 is 29.0 Å². The monoisotopic (exact) mass is 490 g/mol. The number of nitrogen functional groups attached to an aromatic ring is 1. The summed E-state index contributed by atoms with van der Waals surface area (Å²) in [6, 6.07) is 14.8. The summed E-state index contributed by atoms with van der Waals surface area (Å²) in [4.78, 5) is 23.1. The molecule has 2 aliphatic heterocycles. The number of carbonyl (C=O) groups is 1. The van der Waals surface area contributed by atoms with Gasteiger partial charge in [0.05, 0.1) is 43.8 Å². The number of benzene rings is 2. The zero-order valence-electron chi connectivity index (χ0n) is 20.1. The Morgan fingerprint density at radius 3 is 2.67 bits per heavy atom. The van der Waals surface area contributed by atoms with E-state index in [1.807, 2.05) is 48.5 Å². The van der Waals surface area contributed by atoms with Gasteiger partial charge in [-0.05, 0) is 42.5 Å². The van der Waals surface area contributed by atoms with E-state index in [0.29, 0.717) is 49.4 Å². The molecule has 5 rings (SSSR count). The Morgan fingerprint density at radius 1 is 1.08 bits per heavy atom. The van der Waals surface area contributed by atoms with Gasteiger partial charge in [0.25, 0.3) is 0 Å². The third-order valence-corrected chi connectivity index (χ3v) is 6.26. The van der Waals surface area contributed by atoms with Crippen molar-refractivity contribution in [2.75, 3.05) is 49.8 Å². The van der Waals surface area contributed by atoms with Crippen LogP contribution >= 0.6 is 0 Å². The van der Waals surface area contributed by atoms with Gasteiger partial charge in [-0.25, -0.2) is 14.8 Å². The molecule has 2 amide bonds. The average Bonchev–Trinajstić information content (AvgIpc) is 2.86. The van der Waals surface area contributed by atoms with Gasteiger partial charge < -0.3 is 35.5 Å². The maximum Gasteiger partial charge on any atom is 0.322 e. The third-order valence-electron chi connectivity index (χ3n) is 6.26. The summed E-state index contributed by atoms with van der Waals surface area (Å²) >= 11 is 0. The molecule has 0 radical (unpaired) electrons. The molecular weight excluding hydrogens is 460 g/mol. The molecule has 3 aromatic rings. The molecule has 10 heteroatoms. The number of aromatic nitrogens is 2. The van der Waals surface area contributed by atoms with Crippen molar-refractivity contribution < 1.29 is 19.0 Å². The van der Waals surface area contributed by atoms with Crippen molar-refractivity contribution in [1.29, 1.82) is 0 Å². The topological polar surface area (TPSA) is 124 Å². The number of carbonyl (C=O) groups excluding carboxylic acids is 1. The Kier molecular flexibility index (Phi) is 7.15. The molecule has 4 N–H and O–H groups in total. The van der Waals surface area contributed by atoms with Gasteiger partial charge in [0.1, 0.15) is 11.9 Å². The fraction of sp³-hybridized carbons (Fsp3) is 0.346. The van der Waals surface area contributed by atoms with Gasteiger partial charge in [0.2, 0.25) is 5.95 Å². The van der Waals surface area contributed by atoms with Gasteiger partial charge in [-0.3, -0.25) is 0 Å². The number of likely N-dealkylation sites (tertiary alicyclic amines) is 1. The summed E-state index contributed by atoms with van der Waals surface area (Å²) in [6.45, 7) is 2.60. The summed E-state index contributed by atoms with van der Waals surface area (Å²) in [7, 11) is 1.65. The zero-order chi connectivity index (χ0) is 24.9. The summed E-state index contributed by atoms with van der Waals surface area (Å²) in [5.41, 5.74) is 9.87. The lowest BCUT2D eigenvalue weighted by atomic mass is 10.1. The molecule has 0 spiro atoms. The Bertz CT molecular complexity index is 1210. The van der Waals surface area contributed by atoms with Gasteiger partial charge >= 0.3 is 6.03 Å². The second-order valence-corrected chi connectivity index (χ2v) is 8.85. The lowest BCUT2D eigenvalue weighted by Crippen LogP contribution is -2.55. The lowest BCUT2D eigenvalue weighted by molar-refractivity contribution is -0.00465. The van der Waals surface area contributed by atoms with Crippen LogP contribution in [0.3, 0.4) is 0 Å². The molecule has 10 nitrogen and oxygen atoms in total. The molecule has 2 aliphatic rings. The minimum absolute atomic E-state index is 0.110. The fourth-order valence-corrected chi connectivity index (χ4v) is 4.13. The number of nitrogens with one attached hydrogen (secondary N) is 2. The van der Waals surface area contributed by atoms with E-state index in [1.165, 1.54) is 0 Å². The van der Waals surface area contributed by atoms with Crippen molar-refractivity contribution in [3.8, 4) is 17.0 Å². The van der Waals surface area contributed by atoms with Crippen LogP contribution in [0.4, 0.5) is 27.8 Å². The molecule has 2 aromatic carbocycles. The van der Waals surface area contributed by atoms with Crippen molar-refractivity contribution in [3.05, 3.63) is 54.7 Å². The highest BCUT2D eigenvalue weighted by Gasteiger charge is 2.30. The number of ether oxygens (including phenoxy) is 3. The third kappa shape index (κ3) is 5.67. The van der Waals surface area contributed by atoms with E-state index >= 15 is 0 Å². The number of anilines is 4. The maximum absolute atomic E-state index is 12.4. The second kappa shape index (κ2) is 10.8. The van der Waals surface area contributed by atoms with Gasteiger partial charge in [0, 0.05) is 43.1 Å². The van der Waals surface area contributed by atoms with Crippen LogP contribution in [0.2, 0.25) is 0 Å². The van der Waals surface area contributed by atoms with Crippen LogP contribution in [0.1, 0.15) is 12.8 Å². The Hall–Kier alpha value is -3.89. The molecule has 0 aliphatic carbocycles. The molecule has 2 fully saturated rings. The van der Waals surface area contributed by atoms with Crippen molar-refractivity contribution in [2.45, 2.75) is 25.0 Å². The van der Waals surface area contributed by atoms with Crippen molar-refractivity contribution in [1.82, 2.24) is 14.9 Å². The van der Waals surface area contributed by atoms with E-state index in [0.717, 1.165) is 29.8 Å². The average molecular weight is 491 g/mol. The first kappa shape index (κ1) is 23.8. The zero-order valence-corrected chi connectivity index (χ0v) is 20.1. The molecule has 2 saturated heterocycles. The van der Waals surface area contributed by atoms with Crippen LogP contribution in [0.5, 0.6) is 5.75 Å². The molecule has 0 bridgehead atoms. The number of nitrogens with two attached hydrogens (primary N) is 1. The number of amides is 2. The molecule has 0 saturated carbocycles. The summed E-state index contributed by atoms with van der Waals surface area (Å²) in [6.07, 6.45) is 3.64. The van der Waals surface area contributed by atoms with E-state index in [4.69, 9.17) is 19.9 Å². The molecule has 36 heavy (non-hydrogen) atoms. The number of urea groups is 1. The SMILES string of the molecule is COC1CN(C(=O)Nc2cccc(Nc3nccc(-c4ccc(OC5CCOCC5)c(N)c4)n3)c2)C1. The highest BCUT2D eigenvalue weighted by Crippen LogP contribution is 2.30. The quantitative estimate of drug-likeness (QED) is 0.426. The summed E-state index contributed by atoms with van der Waals surface area (Å²) < 4.78 is 16.7. The highest BCUT2D eigenvalue weighted by molar-refractivity contribution is 5.90. The Morgan fingerprint density at radius 2 is 1.89 bits per heavy atom. The standard InChI is InChI=1S/C26H30N6O4/c1-34-21-15-32(16-21)26(33)30-19-4-2-3-18(14-19)29-25-28-10-7-23(31-25)17-5-6-24(22(27)13-17)36-20-8-11-35-12-9-20/h2-7,10,13-14,20-21H,8-9,11-12,15-16,27H2,1H3,(H,30,33)(H,28,29,31). The first-order valence-electron chi connectivity index (χ1n) is 12.0. The van der Waals surface area contributed by atoms with Crippen LogP contribution < -0.4 is 21.1 Å². The Balaban J connectivity index is 1.24. The highest BCUT2D eigenvalue weighted by atomic mass is 16.5. The van der Waals surface area contributed by atoms with Crippen LogP contribution in [-0.4, -0.2) is 66.5 Å². The number of methoxy groups -OCH3 is 1. The number of hydrogen-bond acceptors (Lipinski definition) is 8. The van der Waals surface area contributed by atoms with E-state index in [9.17, 15) is 4.79 Å².